The molecule has 10 nitrogen and oxygen atoms in total. The van der Waals surface area contributed by atoms with E-state index in [4.69, 9.17) is 14.5 Å². The van der Waals surface area contributed by atoms with Crippen molar-refractivity contribution in [3.63, 3.8) is 0 Å². The lowest BCUT2D eigenvalue weighted by Gasteiger charge is -2.36. The molecule has 2 saturated heterocycles. The minimum Gasteiger partial charge on any atom is -0.447 e. The number of hydrogen-bond acceptors (Lipinski definition) is 8. The predicted octanol–water partition coefficient (Wildman–Crippen LogP) is 2.77. The van der Waals surface area contributed by atoms with E-state index in [9.17, 15) is 18.0 Å². The summed E-state index contributed by atoms with van der Waals surface area (Å²) in [6, 6.07) is 6.16. The summed E-state index contributed by atoms with van der Waals surface area (Å²) in [5.74, 6) is 0.554. The Morgan fingerprint density at radius 1 is 1.11 bits per heavy atom. The van der Waals surface area contributed by atoms with Gasteiger partial charge in [-0.2, -0.15) is 0 Å². The maximum Gasteiger partial charge on any atom is 0.414 e. The number of nitrogens with zero attached hydrogens (tertiary/aromatic N) is 4. The smallest absolute Gasteiger partial charge is 0.414 e. The summed E-state index contributed by atoms with van der Waals surface area (Å²) in [5.41, 5.74) is 3.63. The first-order chi connectivity index (χ1) is 17.0. The van der Waals surface area contributed by atoms with Crippen LogP contribution in [0, 0.1) is 20.8 Å². The second kappa shape index (κ2) is 11.2. The lowest BCUT2D eigenvalue weighted by molar-refractivity contribution is 0.0742. The summed E-state index contributed by atoms with van der Waals surface area (Å²) in [7, 11) is -2.25. The second-order valence-electron chi connectivity index (χ2n) is 9.32. The Labute approximate surface area is 223 Å². The van der Waals surface area contributed by atoms with E-state index in [0.29, 0.717) is 31.9 Å². The number of rotatable bonds is 6. The molecule has 1 unspecified atom stereocenters. The summed E-state index contributed by atoms with van der Waals surface area (Å²) < 4.78 is 35.7. The van der Waals surface area contributed by atoms with Crippen LogP contribution in [0.4, 0.5) is 16.3 Å². The molecule has 2 aliphatic rings. The summed E-state index contributed by atoms with van der Waals surface area (Å²) in [6.45, 7) is 8.47. The van der Waals surface area contributed by atoms with Crippen LogP contribution in [0.2, 0.25) is 0 Å². The molecule has 2 fully saturated rings. The molecular formula is C25H33ClN4O6S. The Bertz CT molecular complexity index is 1290. The van der Waals surface area contributed by atoms with Crippen molar-refractivity contribution in [3.05, 3.63) is 46.6 Å². The SMILES string of the molecule is COCC1COC(=O)N1c1ccc(C(=O)N2CCN(c3nc(C)c(C)cc3C)CC2)c(S(C)(=O)=O)c1.Cl. The first kappa shape index (κ1) is 28.7. The molecule has 0 saturated carbocycles. The summed E-state index contributed by atoms with van der Waals surface area (Å²) >= 11 is 0. The van der Waals surface area contributed by atoms with E-state index in [0.717, 1.165) is 28.9 Å². The topological polar surface area (TPSA) is 109 Å². The normalized spacial score (nSPS) is 18.0. The van der Waals surface area contributed by atoms with E-state index >= 15 is 0 Å². The van der Waals surface area contributed by atoms with Crippen LogP contribution >= 0.6 is 12.4 Å². The van der Waals surface area contributed by atoms with Crippen molar-refractivity contribution >= 4 is 45.7 Å². The largest absolute Gasteiger partial charge is 0.447 e. The number of ether oxygens (including phenoxy) is 2. The molecule has 1 atom stereocenters. The number of carbonyl (C=O) groups excluding carboxylic acids is 2. The van der Waals surface area contributed by atoms with Crippen molar-refractivity contribution in [2.45, 2.75) is 31.7 Å². The first-order valence-electron chi connectivity index (χ1n) is 11.8. The zero-order valence-corrected chi connectivity index (χ0v) is 23.3. The van der Waals surface area contributed by atoms with Gasteiger partial charge in [0.2, 0.25) is 0 Å². The van der Waals surface area contributed by atoms with Gasteiger partial charge in [0.05, 0.1) is 23.1 Å². The third-order valence-corrected chi connectivity index (χ3v) is 7.83. The lowest BCUT2D eigenvalue weighted by Crippen LogP contribution is -2.49. The van der Waals surface area contributed by atoms with Gasteiger partial charge in [-0.1, -0.05) is 6.07 Å². The van der Waals surface area contributed by atoms with E-state index in [1.54, 1.807) is 11.0 Å². The highest BCUT2D eigenvalue weighted by atomic mass is 35.5. The van der Waals surface area contributed by atoms with E-state index in [2.05, 4.69) is 11.0 Å². The van der Waals surface area contributed by atoms with Gasteiger partial charge in [0.1, 0.15) is 12.4 Å². The Balaban J connectivity index is 0.00000380. The number of methoxy groups -OCH3 is 1. The number of amides is 2. The van der Waals surface area contributed by atoms with Crippen LogP contribution in [-0.2, 0) is 19.3 Å². The van der Waals surface area contributed by atoms with Crippen LogP contribution in [-0.4, -0.2) is 89.1 Å². The summed E-state index contributed by atoms with van der Waals surface area (Å²) in [6.07, 6.45) is 0.478. The van der Waals surface area contributed by atoms with Gasteiger partial charge < -0.3 is 19.3 Å². The number of pyridine rings is 1. The monoisotopic (exact) mass is 552 g/mol. The maximum absolute atomic E-state index is 13.4. The molecule has 1 aromatic carbocycles. The number of aryl methyl sites for hydroxylation is 3. The lowest BCUT2D eigenvalue weighted by atomic mass is 10.1. The summed E-state index contributed by atoms with van der Waals surface area (Å²) in [5, 5.41) is 0. The highest BCUT2D eigenvalue weighted by Gasteiger charge is 2.36. The molecule has 2 aromatic rings. The number of anilines is 2. The van der Waals surface area contributed by atoms with Gasteiger partial charge in [0.25, 0.3) is 5.91 Å². The molecule has 2 amide bonds. The predicted molar refractivity (Wildman–Crippen MR) is 143 cm³/mol. The van der Waals surface area contributed by atoms with Crippen molar-refractivity contribution in [1.82, 2.24) is 9.88 Å². The van der Waals surface area contributed by atoms with Gasteiger partial charge >= 0.3 is 6.09 Å². The molecule has 3 heterocycles. The average molecular weight is 553 g/mol. The first-order valence-corrected chi connectivity index (χ1v) is 13.7. The van der Waals surface area contributed by atoms with Crippen LogP contribution in [0.1, 0.15) is 27.2 Å². The molecule has 1 aromatic heterocycles. The van der Waals surface area contributed by atoms with Gasteiger partial charge in [-0.25, -0.2) is 18.2 Å². The van der Waals surface area contributed by atoms with E-state index < -0.39 is 15.9 Å². The number of hydrogen-bond donors (Lipinski definition) is 0. The summed E-state index contributed by atoms with van der Waals surface area (Å²) in [4.78, 5) is 35.6. The number of carbonyl (C=O) groups is 2. The second-order valence-corrected chi connectivity index (χ2v) is 11.3. The highest BCUT2D eigenvalue weighted by molar-refractivity contribution is 7.90. The molecule has 4 rings (SSSR count). The van der Waals surface area contributed by atoms with E-state index in [1.807, 2.05) is 20.8 Å². The Morgan fingerprint density at radius 3 is 2.41 bits per heavy atom. The number of benzene rings is 1. The molecule has 0 N–H and O–H groups in total. The fourth-order valence-electron chi connectivity index (χ4n) is 4.68. The number of piperazine rings is 1. The zero-order chi connectivity index (χ0) is 26.2. The van der Waals surface area contributed by atoms with E-state index in [-0.39, 0.29) is 48.0 Å². The van der Waals surface area contributed by atoms with Crippen LogP contribution in [0.5, 0.6) is 0 Å². The fraction of sp³-hybridized carbons (Fsp3) is 0.480. The van der Waals surface area contributed by atoms with Crippen LogP contribution in [0.15, 0.2) is 29.2 Å². The molecule has 37 heavy (non-hydrogen) atoms. The van der Waals surface area contributed by atoms with Crippen molar-refractivity contribution in [2.75, 3.05) is 62.6 Å². The van der Waals surface area contributed by atoms with E-state index in [1.165, 1.54) is 24.1 Å². The van der Waals surface area contributed by atoms with Crippen molar-refractivity contribution in [1.29, 1.82) is 0 Å². The molecule has 0 bridgehead atoms. The minimum atomic E-state index is -3.76. The standard InChI is InChI=1S/C25H32N4O6S.ClH/c1-16-12-17(2)23(26-18(16)3)27-8-10-28(11-9-27)24(30)21-7-6-19(13-22(21)36(5,32)33)29-20(14-34-4)15-35-25(29)31;/h6-7,12-13,20H,8-11,14-15H2,1-5H3;1H. The Kier molecular flexibility index (Phi) is 8.71. The zero-order valence-electron chi connectivity index (χ0n) is 21.7. The molecule has 202 valence electrons. The Morgan fingerprint density at radius 2 is 1.78 bits per heavy atom. The van der Waals surface area contributed by atoms with Gasteiger partial charge in [-0.15, -0.1) is 12.4 Å². The number of aromatic nitrogens is 1. The fourth-order valence-corrected chi connectivity index (χ4v) is 5.57. The van der Waals surface area contributed by atoms with Gasteiger partial charge in [-0.05, 0) is 50.1 Å². The van der Waals surface area contributed by atoms with Crippen molar-refractivity contribution in [2.24, 2.45) is 0 Å². The Hall–Kier alpha value is -2.89. The maximum atomic E-state index is 13.4. The van der Waals surface area contributed by atoms with Crippen LogP contribution < -0.4 is 9.80 Å². The third-order valence-electron chi connectivity index (χ3n) is 6.69. The molecule has 0 spiro atoms. The molecule has 0 radical (unpaired) electrons. The van der Waals surface area contributed by atoms with Gasteiger partial charge in [-0.3, -0.25) is 9.69 Å². The van der Waals surface area contributed by atoms with Crippen molar-refractivity contribution < 1.29 is 27.5 Å². The van der Waals surface area contributed by atoms with Gasteiger partial charge in [0, 0.05) is 50.9 Å². The van der Waals surface area contributed by atoms with Gasteiger partial charge in [0.15, 0.2) is 9.84 Å². The number of sulfone groups is 1. The molecule has 2 aliphatic heterocycles. The average Bonchev–Trinajstić information content (AvgIpc) is 3.20. The van der Waals surface area contributed by atoms with Crippen molar-refractivity contribution in [3.8, 4) is 0 Å². The molecular weight excluding hydrogens is 520 g/mol. The molecule has 0 aliphatic carbocycles. The van der Waals surface area contributed by atoms with Crippen LogP contribution in [0.25, 0.3) is 0 Å². The quantitative estimate of drug-likeness (QED) is 0.538. The number of halogens is 1. The minimum absolute atomic E-state index is 0. The highest BCUT2D eigenvalue weighted by Crippen LogP contribution is 2.29. The van der Waals surface area contributed by atoms with Crippen LogP contribution in [0.3, 0.4) is 0 Å². The molecule has 12 heteroatoms. The third kappa shape index (κ3) is 5.83. The number of cyclic esters (lactones) is 1.